The zero-order valence-electron chi connectivity index (χ0n) is 12.1. The first-order chi connectivity index (χ1) is 9.18. The average Bonchev–Trinajstić information content (AvgIpc) is 2.70. The third-order valence-electron chi connectivity index (χ3n) is 4.91. The Hall–Kier alpha value is -1.56. The van der Waals surface area contributed by atoms with E-state index in [1.807, 2.05) is 0 Å². The van der Waals surface area contributed by atoms with Gasteiger partial charge in [0, 0.05) is 6.54 Å². The number of carbonyl (C=O) groups is 2. The molecule has 1 aromatic rings. The van der Waals surface area contributed by atoms with Crippen LogP contribution in [0.3, 0.4) is 0 Å². The molecule has 0 bridgehead atoms. The van der Waals surface area contributed by atoms with Gasteiger partial charge >= 0.3 is 12.0 Å². The predicted molar refractivity (Wildman–Crippen MR) is 79.4 cm³/mol. The highest BCUT2D eigenvalue weighted by molar-refractivity contribution is 7.14. The summed E-state index contributed by atoms with van der Waals surface area (Å²) in [5.74, 6) is -0.603. The van der Waals surface area contributed by atoms with Crippen LogP contribution in [0.2, 0.25) is 0 Å². The fourth-order valence-corrected chi connectivity index (χ4v) is 3.53. The van der Waals surface area contributed by atoms with Crippen molar-refractivity contribution in [1.82, 2.24) is 5.32 Å². The summed E-state index contributed by atoms with van der Waals surface area (Å²) in [4.78, 5) is 22.8. The van der Waals surface area contributed by atoms with Crippen molar-refractivity contribution in [3.05, 3.63) is 17.0 Å². The van der Waals surface area contributed by atoms with Gasteiger partial charge in [-0.1, -0.05) is 27.7 Å². The van der Waals surface area contributed by atoms with E-state index >= 15 is 0 Å². The van der Waals surface area contributed by atoms with E-state index in [4.69, 9.17) is 5.11 Å². The van der Waals surface area contributed by atoms with Gasteiger partial charge in [-0.15, -0.1) is 11.3 Å². The molecule has 1 aromatic heterocycles. The molecule has 6 heteroatoms. The Morgan fingerprint density at radius 1 is 1.30 bits per heavy atom. The van der Waals surface area contributed by atoms with Gasteiger partial charge in [0.05, 0.1) is 5.56 Å². The van der Waals surface area contributed by atoms with Crippen LogP contribution in [-0.4, -0.2) is 23.7 Å². The van der Waals surface area contributed by atoms with Gasteiger partial charge in [0.15, 0.2) is 0 Å². The van der Waals surface area contributed by atoms with E-state index < -0.39 is 5.97 Å². The summed E-state index contributed by atoms with van der Waals surface area (Å²) >= 11 is 1.20. The highest BCUT2D eigenvalue weighted by atomic mass is 32.1. The molecule has 2 rings (SSSR count). The number of hydrogen-bond donors (Lipinski definition) is 3. The third kappa shape index (κ3) is 2.40. The van der Waals surface area contributed by atoms with Crippen LogP contribution < -0.4 is 10.6 Å². The standard InChI is InChI=1S/C14H20N2O3S/c1-13(2)9(14(13,3)4)7-15-12(19)16-10-8(11(17)18)5-6-20-10/h5-6,9H,7H2,1-4H3,(H,17,18)(H2,15,16,19). The van der Waals surface area contributed by atoms with Crippen molar-refractivity contribution in [3.8, 4) is 0 Å². The monoisotopic (exact) mass is 296 g/mol. The Labute approximate surface area is 122 Å². The second-order valence-electron chi connectivity index (χ2n) is 6.30. The van der Waals surface area contributed by atoms with E-state index in [2.05, 4.69) is 38.3 Å². The zero-order valence-corrected chi connectivity index (χ0v) is 12.9. The molecule has 110 valence electrons. The summed E-state index contributed by atoms with van der Waals surface area (Å²) in [7, 11) is 0. The average molecular weight is 296 g/mol. The van der Waals surface area contributed by atoms with E-state index in [-0.39, 0.29) is 22.4 Å². The van der Waals surface area contributed by atoms with Crippen molar-refractivity contribution in [2.24, 2.45) is 16.7 Å². The highest BCUT2D eigenvalue weighted by Crippen LogP contribution is 2.67. The molecular weight excluding hydrogens is 276 g/mol. The topological polar surface area (TPSA) is 78.4 Å². The minimum absolute atomic E-state index is 0.122. The van der Waals surface area contributed by atoms with Crippen LogP contribution in [0.5, 0.6) is 0 Å². The molecule has 0 aliphatic heterocycles. The molecule has 0 spiro atoms. The van der Waals surface area contributed by atoms with Crippen LogP contribution in [0.4, 0.5) is 9.80 Å². The Kier molecular flexibility index (Phi) is 3.54. The summed E-state index contributed by atoms with van der Waals surface area (Å²) in [5.41, 5.74) is 0.558. The Balaban J connectivity index is 1.88. The second kappa shape index (κ2) is 4.77. The summed E-state index contributed by atoms with van der Waals surface area (Å²) in [6, 6.07) is 1.13. The number of rotatable bonds is 4. The van der Waals surface area contributed by atoms with Gasteiger partial charge in [0.2, 0.25) is 0 Å². The Bertz CT molecular complexity index is 534. The van der Waals surface area contributed by atoms with Gasteiger partial charge in [-0.05, 0) is 28.2 Å². The first-order valence-corrected chi connectivity index (χ1v) is 7.41. The largest absolute Gasteiger partial charge is 0.478 e. The van der Waals surface area contributed by atoms with E-state index in [1.54, 1.807) is 5.38 Å². The molecule has 0 aromatic carbocycles. The minimum Gasteiger partial charge on any atom is -0.478 e. The molecule has 5 nitrogen and oxygen atoms in total. The van der Waals surface area contributed by atoms with Gasteiger partial charge < -0.3 is 10.4 Å². The molecule has 0 unspecified atom stereocenters. The van der Waals surface area contributed by atoms with Crippen LogP contribution in [-0.2, 0) is 0 Å². The van der Waals surface area contributed by atoms with E-state index in [9.17, 15) is 9.59 Å². The summed E-state index contributed by atoms with van der Waals surface area (Å²) in [6.45, 7) is 9.37. The molecule has 1 aliphatic carbocycles. The predicted octanol–water partition coefficient (Wildman–Crippen LogP) is 3.25. The summed E-state index contributed by atoms with van der Waals surface area (Å²) in [6.07, 6.45) is 0. The molecule has 2 amide bonds. The zero-order chi connectivity index (χ0) is 15.1. The van der Waals surface area contributed by atoms with Crippen molar-refractivity contribution in [1.29, 1.82) is 0 Å². The Morgan fingerprint density at radius 2 is 1.90 bits per heavy atom. The van der Waals surface area contributed by atoms with Crippen molar-refractivity contribution < 1.29 is 14.7 Å². The minimum atomic E-state index is -1.04. The van der Waals surface area contributed by atoms with Crippen molar-refractivity contribution in [2.45, 2.75) is 27.7 Å². The fourth-order valence-electron chi connectivity index (χ4n) is 2.76. The maximum Gasteiger partial charge on any atom is 0.338 e. The second-order valence-corrected chi connectivity index (χ2v) is 7.22. The first-order valence-electron chi connectivity index (χ1n) is 6.53. The lowest BCUT2D eigenvalue weighted by Crippen LogP contribution is -2.31. The molecule has 1 aliphatic rings. The number of aromatic carboxylic acids is 1. The van der Waals surface area contributed by atoms with Crippen LogP contribution in [0.1, 0.15) is 38.1 Å². The smallest absolute Gasteiger partial charge is 0.338 e. The number of urea groups is 1. The lowest BCUT2D eigenvalue weighted by Gasteiger charge is -2.08. The number of carboxylic acid groups (broad SMARTS) is 1. The van der Waals surface area contributed by atoms with Crippen LogP contribution in [0, 0.1) is 16.7 Å². The van der Waals surface area contributed by atoms with Crippen LogP contribution in [0.25, 0.3) is 0 Å². The lowest BCUT2D eigenvalue weighted by atomic mass is 10.0. The number of thiophene rings is 1. The van der Waals surface area contributed by atoms with E-state index in [0.29, 0.717) is 17.5 Å². The lowest BCUT2D eigenvalue weighted by molar-refractivity contribution is 0.0698. The maximum absolute atomic E-state index is 11.8. The molecule has 1 heterocycles. The van der Waals surface area contributed by atoms with E-state index in [0.717, 1.165) is 0 Å². The number of nitrogens with one attached hydrogen (secondary N) is 2. The third-order valence-corrected chi connectivity index (χ3v) is 5.74. The molecular formula is C14H20N2O3S. The summed E-state index contributed by atoms with van der Waals surface area (Å²) < 4.78 is 0. The molecule has 0 radical (unpaired) electrons. The normalized spacial score (nSPS) is 19.4. The number of hydrogen-bond acceptors (Lipinski definition) is 3. The van der Waals surface area contributed by atoms with Gasteiger partial charge in [0.25, 0.3) is 0 Å². The molecule has 20 heavy (non-hydrogen) atoms. The molecule has 3 N–H and O–H groups in total. The quantitative estimate of drug-likeness (QED) is 0.798. The Morgan fingerprint density at radius 3 is 2.40 bits per heavy atom. The molecule has 0 saturated heterocycles. The number of carboxylic acids is 1. The molecule has 0 atom stereocenters. The summed E-state index contributed by atoms with van der Waals surface area (Å²) in [5, 5.41) is 16.4. The van der Waals surface area contributed by atoms with E-state index in [1.165, 1.54) is 17.4 Å². The number of amides is 2. The van der Waals surface area contributed by atoms with Gasteiger partial charge in [-0.3, -0.25) is 5.32 Å². The highest BCUT2D eigenvalue weighted by Gasteiger charge is 2.64. The number of carbonyl (C=O) groups excluding carboxylic acids is 1. The van der Waals surface area contributed by atoms with Gasteiger partial charge in [-0.25, -0.2) is 9.59 Å². The van der Waals surface area contributed by atoms with Crippen molar-refractivity contribution >= 4 is 28.3 Å². The SMILES string of the molecule is CC1(C)C(CNC(=O)Nc2sccc2C(=O)O)C1(C)C. The van der Waals surface area contributed by atoms with Gasteiger partial charge in [-0.2, -0.15) is 0 Å². The molecule has 1 fully saturated rings. The first kappa shape index (κ1) is 14.8. The van der Waals surface area contributed by atoms with Crippen LogP contribution >= 0.6 is 11.3 Å². The van der Waals surface area contributed by atoms with Crippen molar-refractivity contribution in [3.63, 3.8) is 0 Å². The fraction of sp³-hybridized carbons (Fsp3) is 0.571. The maximum atomic E-state index is 11.8. The number of anilines is 1. The van der Waals surface area contributed by atoms with Gasteiger partial charge in [0.1, 0.15) is 5.00 Å². The van der Waals surface area contributed by atoms with Crippen LogP contribution in [0.15, 0.2) is 11.4 Å². The molecule has 1 saturated carbocycles. The van der Waals surface area contributed by atoms with Crippen molar-refractivity contribution in [2.75, 3.05) is 11.9 Å².